The molecule has 5 aromatic rings. The van der Waals surface area contributed by atoms with Crippen LogP contribution in [0.1, 0.15) is 24.3 Å². The van der Waals surface area contributed by atoms with Gasteiger partial charge in [-0.15, -0.1) is 0 Å². The van der Waals surface area contributed by atoms with Crippen molar-refractivity contribution in [3.05, 3.63) is 137 Å². The highest BCUT2D eigenvalue weighted by molar-refractivity contribution is 7.07. The molecule has 0 radical (unpaired) electrons. The Kier molecular flexibility index (Phi) is 7.60. The number of methoxy groups -OCH3 is 1. The molecule has 1 amide bonds. The lowest BCUT2D eigenvalue weighted by atomic mass is 9.95. The van der Waals surface area contributed by atoms with Gasteiger partial charge in [-0.25, -0.2) is 4.99 Å². The van der Waals surface area contributed by atoms with Gasteiger partial charge in [-0.1, -0.05) is 64.9 Å². The maximum atomic E-state index is 14.0. The van der Waals surface area contributed by atoms with E-state index in [0.29, 0.717) is 64.7 Å². The fraction of sp³-hybridized carbons (Fsp3) is 0.0938. The van der Waals surface area contributed by atoms with Crippen LogP contribution in [0.4, 0.5) is 5.69 Å². The van der Waals surface area contributed by atoms with Crippen molar-refractivity contribution in [2.45, 2.75) is 13.0 Å². The number of carbonyl (C=O) groups is 1. The molecule has 3 aromatic carbocycles. The predicted octanol–water partition coefficient (Wildman–Crippen LogP) is 6.45. The van der Waals surface area contributed by atoms with E-state index in [1.54, 1.807) is 67.1 Å². The maximum absolute atomic E-state index is 14.0. The largest absolute Gasteiger partial charge is 0.497 e. The minimum Gasteiger partial charge on any atom is -0.497 e. The van der Waals surface area contributed by atoms with Gasteiger partial charge in [-0.2, -0.15) is 0 Å². The molecular formula is C32H23Cl2N3O4S. The van der Waals surface area contributed by atoms with Crippen molar-refractivity contribution in [3.63, 3.8) is 0 Å². The second-order valence-electron chi connectivity index (χ2n) is 9.50. The zero-order valence-corrected chi connectivity index (χ0v) is 24.8. The van der Waals surface area contributed by atoms with Crippen LogP contribution >= 0.6 is 34.5 Å². The average molecular weight is 617 g/mol. The van der Waals surface area contributed by atoms with E-state index in [9.17, 15) is 9.59 Å². The zero-order chi connectivity index (χ0) is 29.4. The average Bonchev–Trinajstić information content (AvgIpc) is 3.56. The molecular weight excluding hydrogens is 593 g/mol. The number of hydrogen-bond donors (Lipinski definition) is 1. The first-order chi connectivity index (χ1) is 20.3. The summed E-state index contributed by atoms with van der Waals surface area (Å²) in [5.41, 5.74) is 2.62. The number of amides is 1. The maximum Gasteiger partial charge on any atom is 0.271 e. The van der Waals surface area contributed by atoms with E-state index < -0.39 is 6.04 Å². The summed E-state index contributed by atoms with van der Waals surface area (Å²) in [4.78, 5) is 32.8. The topological polar surface area (TPSA) is 85.8 Å². The third-order valence-corrected chi connectivity index (χ3v) is 8.33. The van der Waals surface area contributed by atoms with Crippen molar-refractivity contribution < 1.29 is 13.9 Å². The first-order valence-corrected chi connectivity index (χ1v) is 14.5. The summed E-state index contributed by atoms with van der Waals surface area (Å²) in [7, 11) is 1.57. The number of aromatic nitrogens is 1. The summed E-state index contributed by atoms with van der Waals surface area (Å²) >= 11 is 13.6. The van der Waals surface area contributed by atoms with Gasteiger partial charge in [0, 0.05) is 22.3 Å². The number of halogens is 2. The molecule has 210 valence electrons. The quantitative estimate of drug-likeness (QED) is 0.238. The van der Waals surface area contributed by atoms with Crippen molar-refractivity contribution in [1.29, 1.82) is 0 Å². The Morgan fingerprint density at radius 3 is 2.62 bits per heavy atom. The normalized spacial score (nSPS) is 14.9. The lowest BCUT2D eigenvalue weighted by molar-refractivity contribution is -0.113. The van der Waals surface area contributed by atoms with Crippen LogP contribution in [0.25, 0.3) is 17.4 Å². The van der Waals surface area contributed by atoms with Gasteiger partial charge in [-0.05, 0) is 67.1 Å². The fourth-order valence-electron chi connectivity index (χ4n) is 4.85. The molecule has 0 spiro atoms. The number of benzene rings is 3. The smallest absolute Gasteiger partial charge is 0.271 e. The van der Waals surface area contributed by atoms with E-state index in [-0.39, 0.29) is 11.5 Å². The van der Waals surface area contributed by atoms with E-state index in [1.807, 2.05) is 42.5 Å². The van der Waals surface area contributed by atoms with Gasteiger partial charge < -0.3 is 14.5 Å². The highest BCUT2D eigenvalue weighted by Crippen LogP contribution is 2.33. The van der Waals surface area contributed by atoms with Crippen molar-refractivity contribution in [1.82, 2.24) is 4.57 Å². The fourth-order valence-corrected chi connectivity index (χ4v) is 6.38. The van der Waals surface area contributed by atoms with E-state index in [2.05, 4.69) is 5.32 Å². The highest BCUT2D eigenvalue weighted by Gasteiger charge is 2.32. The van der Waals surface area contributed by atoms with Gasteiger partial charge in [0.2, 0.25) is 0 Å². The molecule has 42 heavy (non-hydrogen) atoms. The van der Waals surface area contributed by atoms with Crippen LogP contribution in [0.3, 0.4) is 0 Å². The summed E-state index contributed by atoms with van der Waals surface area (Å²) in [5.74, 6) is 1.27. The molecule has 0 saturated carbocycles. The van der Waals surface area contributed by atoms with Crippen LogP contribution in [0.5, 0.6) is 5.75 Å². The molecule has 1 atom stereocenters. The molecule has 1 aliphatic heterocycles. The molecule has 7 nitrogen and oxygen atoms in total. The Hall–Kier alpha value is -4.37. The number of carbonyl (C=O) groups excluding carboxylic acids is 1. The van der Waals surface area contributed by atoms with Crippen molar-refractivity contribution in [3.8, 4) is 17.1 Å². The summed E-state index contributed by atoms with van der Waals surface area (Å²) < 4.78 is 13.4. The van der Waals surface area contributed by atoms with Crippen LogP contribution in [-0.2, 0) is 4.79 Å². The van der Waals surface area contributed by atoms with Crippen LogP contribution in [0.2, 0.25) is 10.0 Å². The van der Waals surface area contributed by atoms with Gasteiger partial charge in [0.05, 0.1) is 34.0 Å². The molecule has 1 N–H and O–H groups in total. The Morgan fingerprint density at radius 2 is 1.86 bits per heavy atom. The Bertz CT molecular complexity index is 2040. The molecule has 3 heterocycles. The Morgan fingerprint density at radius 1 is 1.05 bits per heavy atom. The molecule has 0 fully saturated rings. The van der Waals surface area contributed by atoms with E-state index in [0.717, 1.165) is 0 Å². The molecule has 6 rings (SSSR count). The van der Waals surface area contributed by atoms with Gasteiger partial charge >= 0.3 is 0 Å². The first-order valence-electron chi connectivity index (χ1n) is 12.9. The van der Waals surface area contributed by atoms with Crippen LogP contribution < -0.4 is 24.9 Å². The molecule has 10 heteroatoms. The number of hydrogen-bond acceptors (Lipinski definition) is 6. The number of rotatable bonds is 6. The number of nitrogens with zero attached hydrogens (tertiary/aromatic N) is 2. The van der Waals surface area contributed by atoms with Gasteiger partial charge in [0.25, 0.3) is 11.5 Å². The summed E-state index contributed by atoms with van der Waals surface area (Å²) in [6.07, 6.45) is 1.67. The third kappa shape index (κ3) is 5.32. The second kappa shape index (κ2) is 11.5. The molecule has 0 bridgehead atoms. The summed E-state index contributed by atoms with van der Waals surface area (Å²) in [6, 6.07) is 24.5. The number of para-hydroxylation sites is 1. The Balaban J connectivity index is 1.46. The number of furan rings is 1. The van der Waals surface area contributed by atoms with Gasteiger partial charge in [0.15, 0.2) is 4.80 Å². The first kappa shape index (κ1) is 27.8. The van der Waals surface area contributed by atoms with E-state index >= 15 is 0 Å². The standard InChI is InChI=1S/C32H23Cl2N3O4S/c1-18-28(30(38)36-21-8-4-3-5-9-21)29(19-7-6-10-22(15-19)40-2)37-31(39)27(42-32(37)35-18)17-23-12-14-26(41-23)24-13-11-20(33)16-25(24)34/h3-17,29H,1-2H3,(H,36,38)/b27-17-/t29-/m0/s1. The van der Waals surface area contributed by atoms with Crippen LogP contribution in [0, 0.1) is 0 Å². The number of allylic oxidation sites excluding steroid dienone is 1. The van der Waals surface area contributed by atoms with Crippen LogP contribution in [-0.4, -0.2) is 17.6 Å². The summed E-state index contributed by atoms with van der Waals surface area (Å²) in [5, 5.41) is 3.93. The van der Waals surface area contributed by atoms with Crippen molar-refractivity contribution >= 4 is 52.2 Å². The lowest BCUT2D eigenvalue weighted by Gasteiger charge is -2.25. The molecule has 2 aromatic heterocycles. The predicted molar refractivity (Wildman–Crippen MR) is 166 cm³/mol. The van der Waals surface area contributed by atoms with Crippen molar-refractivity contribution in [2.24, 2.45) is 4.99 Å². The van der Waals surface area contributed by atoms with Gasteiger partial charge in [-0.3, -0.25) is 14.2 Å². The van der Waals surface area contributed by atoms with Crippen molar-refractivity contribution in [2.75, 3.05) is 12.4 Å². The van der Waals surface area contributed by atoms with E-state index in [1.165, 1.54) is 11.3 Å². The SMILES string of the molecule is COc1cccc([C@H]2C(C(=O)Nc3ccccc3)=C(C)N=c3s/c(=C\c4ccc(-c5ccc(Cl)cc5Cl)o4)c(=O)n32)c1. The second-order valence-corrected chi connectivity index (χ2v) is 11.4. The van der Waals surface area contributed by atoms with E-state index in [4.69, 9.17) is 37.3 Å². The molecule has 0 aliphatic carbocycles. The van der Waals surface area contributed by atoms with Gasteiger partial charge in [0.1, 0.15) is 17.3 Å². The Labute approximate surface area is 254 Å². The summed E-state index contributed by atoms with van der Waals surface area (Å²) in [6.45, 7) is 1.78. The van der Waals surface area contributed by atoms with Crippen LogP contribution in [0.15, 0.2) is 110 Å². The number of thiazole rings is 1. The third-order valence-electron chi connectivity index (χ3n) is 6.80. The monoisotopic (exact) mass is 615 g/mol. The minimum absolute atomic E-state index is 0.299. The zero-order valence-electron chi connectivity index (χ0n) is 22.4. The number of ether oxygens (including phenoxy) is 1. The minimum atomic E-state index is -0.734. The number of nitrogens with one attached hydrogen (secondary N) is 1. The molecule has 0 unspecified atom stereocenters. The number of anilines is 1. The highest BCUT2D eigenvalue weighted by atomic mass is 35.5. The number of fused-ring (bicyclic) bond motifs is 1. The lowest BCUT2D eigenvalue weighted by Crippen LogP contribution is -2.40. The molecule has 1 aliphatic rings. The molecule has 0 saturated heterocycles.